The van der Waals surface area contributed by atoms with Crippen molar-refractivity contribution in [2.24, 2.45) is 5.73 Å². The molecule has 0 aromatic carbocycles. The molecule has 350 valence electrons. The summed E-state index contributed by atoms with van der Waals surface area (Å²) in [6.45, 7) is 2.86. The second-order valence-corrected chi connectivity index (χ2v) is 12.8. The SMILES string of the molecule is CCCCCCCCNC(=O)[C@H](CCCCNC(=O)CCOCCOCCOCCN)NC(=O)C(F)(F)C(F)(F)C(F)(F)C(F)(F)C(F)(F)C(F)(F)C(F)(F)C(F)(F)F. The third kappa shape index (κ3) is 14.6. The quantitative estimate of drug-likeness (QED) is 0.0439. The lowest BCUT2D eigenvalue weighted by molar-refractivity contribution is -0.459. The standard InChI is InChI=1S/C32H47F17N4O6/c1-2-3-4-5-6-8-14-52-23(55)21(10-7-9-13-51-22(54)11-15-57-17-19-59-20-18-58-16-12-50)53-24(56)25(33,34)26(35,36)27(37,38)28(39,40)29(41,42)30(43,44)31(45,46)32(47,48)49/h21H,2-20,50H2,1H3,(H,51,54)(H,52,55)(H,53,56)/t21-/m0/s1. The van der Waals surface area contributed by atoms with E-state index in [0.717, 1.165) is 24.6 Å². The van der Waals surface area contributed by atoms with Gasteiger partial charge in [0, 0.05) is 26.1 Å². The molecular formula is C32H47F17N4O6. The van der Waals surface area contributed by atoms with E-state index >= 15 is 0 Å². The lowest BCUT2D eigenvalue weighted by Crippen LogP contribution is -2.75. The van der Waals surface area contributed by atoms with Crippen molar-refractivity contribution in [3.05, 3.63) is 0 Å². The van der Waals surface area contributed by atoms with E-state index in [2.05, 4.69) is 10.6 Å². The van der Waals surface area contributed by atoms with Gasteiger partial charge < -0.3 is 35.9 Å². The van der Waals surface area contributed by atoms with Gasteiger partial charge in [-0.05, 0) is 25.7 Å². The van der Waals surface area contributed by atoms with Crippen LogP contribution < -0.4 is 21.7 Å². The fourth-order valence-electron chi connectivity index (χ4n) is 4.64. The minimum Gasteiger partial charge on any atom is -0.379 e. The zero-order valence-electron chi connectivity index (χ0n) is 31.5. The molecule has 0 spiro atoms. The van der Waals surface area contributed by atoms with Crippen LogP contribution >= 0.6 is 0 Å². The molecule has 1 atom stereocenters. The number of alkyl halides is 17. The van der Waals surface area contributed by atoms with Crippen LogP contribution in [0.2, 0.25) is 0 Å². The molecule has 0 unspecified atom stereocenters. The number of halogens is 17. The summed E-state index contributed by atoms with van der Waals surface area (Å²) in [5.41, 5.74) is 5.25. The van der Waals surface area contributed by atoms with Crippen molar-refractivity contribution in [1.29, 1.82) is 0 Å². The number of unbranched alkanes of at least 4 members (excludes halogenated alkanes) is 6. The second kappa shape index (κ2) is 23.9. The fraction of sp³-hybridized carbons (Fsp3) is 0.906. The molecule has 0 radical (unpaired) electrons. The molecule has 0 heterocycles. The molecule has 0 fully saturated rings. The molecule has 27 heteroatoms. The molecule has 3 amide bonds. The summed E-state index contributed by atoms with van der Waals surface area (Å²) < 4.78 is 248. The highest BCUT2D eigenvalue weighted by Gasteiger charge is 2.95. The molecule has 0 aromatic heterocycles. The first-order valence-electron chi connectivity index (χ1n) is 18.0. The van der Waals surface area contributed by atoms with Crippen LogP contribution in [0.3, 0.4) is 0 Å². The zero-order chi connectivity index (χ0) is 46.0. The number of hydrogen-bond acceptors (Lipinski definition) is 7. The van der Waals surface area contributed by atoms with Gasteiger partial charge in [0.05, 0.1) is 39.6 Å². The maximum Gasteiger partial charge on any atom is 0.460 e. The summed E-state index contributed by atoms with van der Waals surface area (Å²) in [5, 5.41) is 5.31. The minimum absolute atomic E-state index is 0.0737. The number of nitrogens with two attached hydrogens (primary N) is 1. The van der Waals surface area contributed by atoms with Crippen molar-refractivity contribution in [3.63, 3.8) is 0 Å². The van der Waals surface area contributed by atoms with E-state index in [1.54, 1.807) is 0 Å². The number of hydrogen-bond donors (Lipinski definition) is 4. The third-order valence-corrected chi connectivity index (χ3v) is 8.18. The van der Waals surface area contributed by atoms with Crippen LogP contribution in [-0.2, 0) is 28.6 Å². The molecule has 5 N–H and O–H groups in total. The van der Waals surface area contributed by atoms with E-state index in [0.29, 0.717) is 32.6 Å². The van der Waals surface area contributed by atoms with Gasteiger partial charge in [0.1, 0.15) is 6.04 Å². The molecule has 0 rings (SSSR count). The third-order valence-electron chi connectivity index (χ3n) is 8.18. The average Bonchev–Trinajstić information content (AvgIpc) is 3.13. The van der Waals surface area contributed by atoms with E-state index in [1.807, 2.05) is 6.92 Å². The van der Waals surface area contributed by atoms with E-state index in [-0.39, 0.29) is 65.2 Å². The molecule has 0 saturated carbocycles. The Morgan fingerprint density at radius 1 is 0.525 bits per heavy atom. The molecule has 0 aliphatic carbocycles. The van der Waals surface area contributed by atoms with Gasteiger partial charge in [-0.1, -0.05) is 39.0 Å². The number of nitrogens with one attached hydrogen (secondary N) is 3. The Morgan fingerprint density at radius 3 is 1.46 bits per heavy atom. The highest BCUT2D eigenvalue weighted by Crippen LogP contribution is 2.64. The lowest BCUT2D eigenvalue weighted by atomic mass is 9.88. The van der Waals surface area contributed by atoms with Crippen LogP contribution in [0.15, 0.2) is 0 Å². The Kier molecular flexibility index (Phi) is 22.7. The van der Waals surface area contributed by atoms with E-state index in [9.17, 15) is 89.0 Å². The molecule has 0 aliphatic rings. The minimum atomic E-state index is -8.86. The molecule has 0 aliphatic heterocycles. The van der Waals surface area contributed by atoms with Crippen molar-refractivity contribution in [2.45, 2.75) is 125 Å². The summed E-state index contributed by atoms with van der Waals surface area (Å²) in [4.78, 5) is 37.0. The molecule has 0 saturated heterocycles. The van der Waals surface area contributed by atoms with Crippen molar-refractivity contribution in [3.8, 4) is 0 Å². The van der Waals surface area contributed by atoms with Crippen LogP contribution in [0.4, 0.5) is 74.6 Å². The monoisotopic (exact) mass is 906 g/mol. The van der Waals surface area contributed by atoms with Gasteiger partial charge in [0.2, 0.25) is 11.8 Å². The van der Waals surface area contributed by atoms with Crippen LogP contribution in [-0.4, -0.2) is 131 Å². The van der Waals surface area contributed by atoms with Gasteiger partial charge in [-0.2, -0.15) is 74.6 Å². The lowest BCUT2D eigenvalue weighted by Gasteiger charge is -2.42. The van der Waals surface area contributed by atoms with Crippen molar-refractivity contribution >= 4 is 17.7 Å². The molecule has 10 nitrogen and oxygen atoms in total. The summed E-state index contributed by atoms with van der Waals surface area (Å²) in [7, 11) is 0. The van der Waals surface area contributed by atoms with Crippen LogP contribution in [0, 0.1) is 0 Å². The summed E-state index contributed by atoms with van der Waals surface area (Å²) in [5.74, 6) is -64.8. The van der Waals surface area contributed by atoms with E-state index in [4.69, 9.17) is 19.9 Å². The van der Waals surface area contributed by atoms with Gasteiger partial charge >= 0.3 is 47.6 Å². The van der Waals surface area contributed by atoms with Crippen LogP contribution in [0.25, 0.3) is 0 Å². The summed E-state index contributed by atoms with van der Waals surface area (Å²) in [6.07, 6.45) is -5.63. The first-order chi connectivity index (χ1) is 27.0. The predicted octanol–water partition coefficient (Wildman–Crippen LogP) is 6.64. The van der Waals surface area contributed by atoms with Crippen LogP contribution in [0.5, 0.6) is 0 Å². The van der Waals surface area contributed by atoms with Gasteiger partial charge in [-0.15, -0.1) is 0 Å². The average molecular weight is 907 g/mol. The number of carbonyl (C=O) groups excluding carboxylic acids is 3. The Labute approximate surface area is 327 Å². The van der Waals surface area contributed by atoms with Crippen LogP contribution in [0.1, 0.15) is 71.1 Å². The van der Waals surface area contributed by atoms with Gasteiger partial charge in [0.15, 0.2) is 0 Å². The summed E-state index contributed by atoms with van der Waals surface area (Å²) in [6, 6.07) is -2.41. The molecule has 59 heavy (non-hydrogen) atoms. The molecule has 0 aromatic rings. The maximum atomic E-state index is 14.6. The smallest absolute Gasteiger partial charge is 0.379 e. The fourth-order valence-corrected chi connectivity index (χ4v) is 4.64. The number of carbonyl (C=O) groups is 3. The molecular weight excluding hydrogens is 859 g/mol. The van der Waals surface area contributed by atoms with E-state index < -0.39 is 77.8 Å². The topological polar surface area (TPSA) is 141 Å². The van der Waals surface area contributed by atoms with Gasteiger partial charge in [0.25, 0.3) is 5.91 Å². The number of amides is 3. The molecule has 0 bridgehead atoms. The van der Waals surface area contributed by atoms with Gasteiger partial charge in [-0.25, -0.2) is 0 Å². The number of rotatable bonds is 32. The highest BCUT2D eigenvalue weighted by molar-refractivity contribution is 5.91. The van der Waals surface area contributed by atoms with Crippen molar-refractivity contribution in [2.75, 3.05) is 59.3 Å². The largest absolute Gasteiger partial charge is 0.460 e. The Hall–Kier alpha value is -2.94. The normalized spacial score (nSPS) is 14.3. The summed E-state index contributed by atoms with van der Waals surface area (Å²) >= 11 is 0. The first-order valence-corrected chi connectivity index (χ1v) is 18.0. The Bertz CT molecular complexity index is 1280. The Morgan fingerprint density at radius 2 is 0.949 bits per heavy atom. The van der Waals surface area contributed by atoms with Crippen molar-refractivity contribution in [1.82, 2.24) is 16.0 Å². The second-order valence-electron chi connectivity index (χ2n) is 12.8. The number of ether oxygens (including phenoxy) is 3. The predicted molar refractivity (Wildman–Crippen MR) is 172 cm³/mol. The first kappa shape index (κ1) is 56.1. The van der Waals surface area contributed by atoms with Crippen molar-refractivity contribution < 1.29 is 103 Å². The highest BCUT2D eigenvalue weighted by atomic mass is 19.4. The maximum absolute atomic E-state index is 14.6. The van der Waals surface area contributed by atoms with Gasteiger partial charge in [-0.3, -0.25) is 14.4 Å². The zero-order valence-corrected chi connectivity index (χ0v) is 31.5. The van der Waals surface area contributed by atoms with E-state index in [1.165, 1.54) is 0 Å². The Balaban J connectivity index is 5.82.